The van der Waals surface area contributed by atoms with Gasteiger partial charge in [-0.3, -0.25) is 4.41 Å². The van der Waals surface area contributed by atoms with Gasteiger partial charge in [0, 0.05) is 12.0 Å². The van der Waals surface area contributed by atoms with E-state index < -0.39 is 5.97 Å². The number of carbonyl (C=O) groups is 1. The summed E-state index contributed by atoms with van der Waals surface area (Å²) in [6, 6.07) is 0. The van der Waals surface area contributed by atoms with Crippen LogP contribution in [0, 0.1) is 0 Å². The smallest absolute Gasteiger partial charge is 0.334 e. The van der Waals surface area contributed by atoms with Crippen LogP contribution >= 0.6 is 11.9 Å². The van der Waals surface area contributed by atoms with Crippen LogP contribution in [0.15, 0.2) is 11.8 Å². The third kappa shape index (κ3) is 1.36. The number of carboxylic acids is 1. The normalized spacial score (nSPS) is 17.9. The van der Waals surface area contributed by atoms with Gasteiger partial charge in [0.25, 0.3) is 0 Å². The molecule has 0 spiro atoms. The van der Waals surface area contributed by atoms with Crippen LogP contribution < -0.4 is 5.84 Å². The molecule has 9 heavy (non-hydrogen) atoms. The molecule has 0 saturated carbocycles. The molecule has 1 heterocycles. The van der Waals surface area contributed by atoms with Crippen LogP contribution in [0.4, 0.5) is 0 Å². The molecule has 0 aromatic rings. The van der Waals surface area contributed by atoms with Crippen LogP contribution in [0.5, 0.6) is 0 Å². The van der Waals surface area contributed by atoms with Crippen molar-refractivity contribution in [1.29, 1.82) is 0 Å². The first-order valence-electron chi connectivity index (χ1n) is 2.31. The maximum Gasteiger partial charge on any atom is 0.334 e. The average Bonchev–Trinajstić information content (AvgIpc) is 2.14. The van der Waals surface area contributed by atoms with Crippen molar-refractivity contribution in [3.05, 3.63) is 11.8 Å². The fraction of sp³-hybridized carbons (Fsp3) is 0.250. The van der Waals surface area contributed by atoms with Gasteiger partial charge in [0.2, 0.25) is 0 Å². The highest BCUT2D eigenvalue weighted by Gasteiger charge is 2.15. The van der Waals surface area contributed by atoms with Gasteiger partial charge in [0.05, 0.1) is 5.57 Å². The largest absolute Gasteiger partial charge is 0.478 e. The highest BCUT2D eigenvalue weighted by atomic mass is 32.2. The maximum absolute atomic E-state index is 10.2. The van der Waals surface area contributed by atoms with Crippen molar-refractivity contribution in [2.75, 3.05) is 5.75 Å². The molecule has 0 bridgehead atoms. The van der Waals surface area contributed by atoms with Gasteiger partial charge < -0.3 is 5.11 Å². The minimum absolute atomic E-state index is 0.350. The molecule has 4 nitrogen and oxygen atoms in total. The number of hydrogen-bond acceptors (Lipinski definition) is 4. The Bertz CT molecular complexity index is 168. The predicted molar refractivity (Wildman–Crippen MR) is 34.2 cm³/mol. The standard InChI is InChI=1S/C4H6N2O2S/c5-6-1-3(2-9-6)4(7)8/h1H,2,5H2,(H,7,8). The number of hydrogen-bond donors (Lipinski definition) is 2. The summed E-state index contributed by atoms with van der Waals surface area (Å²) in [6.45, 7) is 0. The molecule has 0 unspecified atom stereocenters. The van der Waals surface area contributed by atoms with E-state index in [4.69, 9.17) is 10.9 Å². The molecule has 0 fully saturated rings. The third-order valence-electron chi connectivity index (χ3n) is 0.927. The zero-order valence-electron chi connectivity index (χ0n) is 4.57. The molecule has 0 atom stereocenters. The van der Waals surface area contributed by atoms with Crippen molar-refractivity contribution in [3.63, 3.8) is 0 Å². The Kier molecular flexibility index (Phi) is 1.63. The second kappa shape index (κ2) is 2.28. The van der Waals surface area contributed by atoms with E-state index in [9.17, 15) is 4.79 Å². The molecule has 1 aliphatic rings. The van der Waals surface area contributed by atoms with Gasteiger partial charge in [-0.15, -0.1) is 0 Å². The molecular formula is C4H6N2O2S. The summed E-state index contributed by atoms with van der Waals surface area (Å²) in [5, 5.41) is 8.37. The van der Waals surface area contributed by atoms with E-state index in [-0.39, 0.29) is 0 Å². The Labute approximate surface area is 56.4 Å². The van der Waals surface area contributed by atoms with Crippen LogP contribution in [0.3, 0.4) is 0 Å². The van der Waals surface area contributed by atoms with Crippen molar-refractivity contribution >= 4 is 17.9 Å². The monoisotopic (exact) mass is 146 g/mol. The summed E-state index contributed by atoms with van der Waals surface area (Å²) < 4.78 is 1.30. The topological polar surface area (TPSA) is 66.6 Å². The number of nitrogens with zero attached hydrogens (tertiary/aromatic N) is 1. The lowest BCUT2D eigenvalue weighted by atomic mass is 10.3. The van der Waals surface area contributed by atoms with Crippen LogP contribution in [-0.2, 0) is 4.79 Å². The van der Waals surface area contributed by atoms with Gasteiger partial charge >= 0.3 is 5.97 Å². The molecular weight excluding hydrogens is 140 g/mol. The second-order valence-electron chi connectivity index (χ2n) is 1.59. The van der Waals surface area contributed by atoms with Crippen LogP contribution in [-0.4, -0.2) is 21.2 Å². The molecule has 0 aliphatic carbocycles. The van der Waals surface area contributed by atoms with Gasteiger partial charge in [-0.25, -0.2) is 10.6 Å². The summed E-state index contributed by atoms with van der Waals surface area (Å²) >= 11 is 1.27. The van der Waals surface area contributed by atoms with Crippen LogP contribution in [0.2, 0.25) is 0 Å². The average molecular weight is 146 g/mol. The number of aliphatic carboxylic acids is 1. The van der Waals surface area contributed by atoms with Gasteiger partial charge in [-0.1, -0.05) is 0 Å². The minimum atomic E-state index is -0.893. The fourth-order valence-electron chi connectivity index (χ4n) is 0.489. The molecule has 0 amide bonds. The summed E-state index contributed by atoms with van der Waals surface area (Å²) in [7, 11) is 0. The summed E-state index contributed by atoms with van der Waals surface area (Å²) in [4.78, 5) is 10.2. The van der Waals surface area contributed by atoms with Crippen molar-refractivity contribution in [1.82, 2.24) is 4.41 Å². The minimum Gasteiger partial charge on any atom is -0.478 e. The molecule has 0 saturated heterocycles. The van der Waals surface area contributed by atoms with Gasteiger partial charge in [0.15, 0.2) is 0 Å². The quantitative estimate of drug-likeness (QED) is 0.396. The first-order chi connectivity index (χ1) is 4.20. The molecule has 1 rings (SSSR count). The summed E-state index contributed by atoms with van der Waals surface area (Å²) in [6.07, 6.45) is 1.41. The number of carboxylic acid groups (broad SMARTS) is 1. The van der Waals surface area contributed by atoms with E-state index in [1.807, 2.05) is 0 Å². The lowest BCUT2D eigenvalue weighted by molar-refractivity contribution is -0.132. The van der Waals surface area contributed by atoms with Crippen molar-refractivity contribution < 1.29 is 9.90 Å². The maximum atomic E-state index is 10.2. The lowest BCUT2D eigenvalue weighted by Gasteiger charge is -2.00. The first kappa shape index (κ1) is 6.44. The molecule has 0 aromatic heterocycles. The van der Waals surface area contributed by atoms with Crippen LogP contribution in [0.1, 0.15) is 0 Å². The molecule has 0 radical (unpaired) electrons. The second-order valence-corrected chi connectivity index (χ2v) is 2.56. The number of hydrazine groups is 1. The Morgan fingerprint density at radius 2 is 2.67 bits per heavy atom. The van der Waals surface area contributed by atoms with Gasteiger partial charge in [-0.05, 0) is 11.9 Å². The molecule has 1 aliphatic heterocycles. The fourth-order valence-corrected chi connectivity index (χ4v) is 1.18. The van der Waals surface area contributed by atoms with Crippen molar-refractivity contribution in [2.24, 2.45) is 5.84 Å². The Morgan fingerprint density at radius 3 is 2.89 bits per heavy atom. The highest BCUT2D eigenvalue weighted by Crippen LogP contribution is 2.19. The van der Waals surface area contributed by atoms with E-state index in [0.29, 0.717) is 11.3 Å². The van der Waals surface area contributed by atoms with Crippen molar-refractivity contribution in [3.8, 4) is 0 Å². The molecule has 50 valence electrons. The third-order valence-corrected chi connectivity index (χ3v) is 1.77. The van der Waals surface area contributed by atoms with E-state index in [2.05, 4.69) is 0 Å². The molecule has 0 aromatic carbocycles. The summed E-state index contributed by atoms with van der Waals surface area (Å²) in [5.74, 6) is 4.79. The van der Waals surface area contributed by atoms with Crippen molar-refractivity contribution in [2.45, 2.75) is 0 Å². The Hall–Kier alpha value is -0.680. The predicted octanol–water partition coefficient (Wildman–Crippen LogP) is -0.208. The first-order valence-corrected chi connectivity index (χ1v) is 3.25. The van der Waals surface area contributed by atoms with E-state index >= 15 is 0 Å². The zero-order valence-corrected chi connectivity index (χ0v) is 5.39. The Morgan fingerprint density at radius 1 is 2.00 bits per heavy atom. The Balaban J connectivity index is 2.62. The zero-order chi connectivity index (χ0) is 6.85. The van der Waals surface area contributed by atoms with E-state index in [1.165, 1.54) is 22.6 Å². The number of nitrogens with two attached hydrogens (primary N) is 1. The van der Waals surface area contributed by atoms with Gasteiger partial charge in [0.1, 0.15) is 0 Å². The molecule has 3 N–H and O–H groups in total. The van der Waals surface area contributed by atoms with E-state index in [0.717, 1.165) is 0 Å². The van der Waals surface area contributed by atoms with Crippen LogP contribution in [0.25, 0.3) is 0 Å². The van der Waals surface area contributed by atoms with E-state index in [1.54, 1.807) is 0 Å². The lowest BCUT2D eigenvalue weighted by Crippen LogP contribution is -2.12. The number of rotatable bonds is 1. The summed E-state index contributed by atoms with van der Waals surface area (Å²) in [5.41, 5.74) is 0.350. The SMILES string of the molecule is NN1C=C(C(=O)O)CS1. The van der Waals surface area contributed by atoms with Gasteiger partial charge in [-0.2, -0.15) is 0 Å². The highest BCUT2D eigenvalue weighted by molar-refractivity contribution is 7.97. The molecule has 5 heteroatoms.